The lowest BCUT2D eigenvalue weighted by Crippen LogP contribution is -2.62. The fourth-order valence-electron chi connectivity index (χ4n) is 5.30. The van der Waals surface area contributed by atoms with Crippen LogP contribution in [0, 0.1) is 11.8 Å². The third kappa shape index (κ3) is 9.21. The van der Waals surface area contributed by atoms with Gasteiger partial charge in [0.25, 0.3) is 5.91 Å². The van der Waals surface area contributed by atoms with Crippen LogP contribution in [-0.4, -0.2) is 71.5 Å². The van der Waals surface area contributed by atoms with Crippen LogP contribution in [0.3, 0.4) is 0 Å². The van der Waals surface area contributed by atoms with Gasteiger partial charge in [-0.15, -0.1) is 0 Å². The number of hydrazine groups is 1. The molecule has 1 fully saturated rings. The Balaban J connectivity index is 1.59. The number of amides is 4. The molecule has 0 bridgehead atoms. The van der Waals surface area contributed by atoms with E-state index < -0.39 is 36.1 Å². The van der Waals surface area contributed by atoms with Gasteiger partial charge in [-0.25, -0.2) is 5.43 Å². The number of allylic oxidation sites excluding steroid dienone is 1. The lowest BCUT2D eigenvalue weighted by atomic mass is 9.99. The van der Waals surface area contributed by atoms with Gasteiger partial charge in [-0.05, 0) is 68.7 Å². The van der Waals surface area contributed by atoms with Crippen molar-refractivity contribution < 1.29 is 23.9 Å². The number of nitrogens with zero attached hydrogens (tertiary/aromatic N) is 2. The maximum Gasteiger partial charge on any atom is 0.258 e. The van der Waals surface area contributed by atoms with Crippen molar-refractivity contribution in [3.05, 3.63) is 60.5 Å². The van der Waals surface area contributed by atoms with Gasteiger partial charge in [0, 0.05) is 25.2 Å². The van der Waals surface area contributed by atoms with Crippen LogP contribution in [-0.2, 0) is 23.9 Å². The Morgan fingerprint density at radius 3 is 2.42 bits per heavy atom. The Morgan fingerprint density at radius 1 is 1.04 bits per heavy atom. The molecular weight excluding hydrogens is 572 g/mol. The van der Waals surface area contributed by atoms with Crippen molar-refractivity contribution in [2.45, 2.75) is 84.7 Å². The van der Waals surface area contributed by atoms with Crippen LogP contribution in [0.5, 0.6) is 0 Å². The molecule has 0 aliphatic carbocycles. The normalized spacial score (nSPS) is 18.6. The number of benzene rings is 1. The molecule has 244 valence electrons. The van der Waals surface area contributed by atoms with E-state index in [0.717, 1.165) is 22.0 Å². The number of fused-ring (bicyclic) bond motifs is 1. The lowest BCUT2D eigenvalue weighted by Gasteiger charge is -2.35. The molecule has 1 aliphatic heterocycles. The first-order chi connectivity index (χ1) is 21.4. The molecule has 1 aromatic heterocycles. The van der Waals surface area contributed by atoms with E-state index in [4.69, 9.17) is 4.74 Å². The first-order valence-electron chi connectivity index (χ1n) is 15.6. The summed E-state index contributed by atoms with van der Waals surface area (Å²) < 4.78 is 5.39. The van der Waals surface area contributed by atoms with Gasteiger partial charge in [-0.3, -0.25) is 29.2 Å². The van der Waals surface area contributed by atoms with Crippen molar-refractivity contribution in [2.24, 2.45) is 11.8 Å². The van der Waals surface area contributed by atoms with E-state index >= 15 is 0 Å². The Kier molecular flexibility index (Phi) is 12.8. The van der Waals surface area contributed by atoms with Crippen LogP contribution < -0.4 is 21.4 Å². The van der Waals surface area contributed by atoms with Crippen LogP contribution in [0.25, 0.3) is 16.8 Å². The number of pyridine rings is 1. The van der Waals surface area contributed by atoms with Crippen molar-refractivity contribution >= 4 is 40.5 Å². The van der Waals surface area contributed by atoms with Gasteiger partial charge in [0.05, 0.1) is 23.8 Å². The molecule has 1 saturated heterocycles. The Labute approximate surface area is 266 Å². The maximum absolute atomic E-state index is 13.3. The van der Waals surface area contributed by atoms with E-state index in [0.29, 0.717) is 19.4 Å². The van der Waals surface area contributed by atoms with E-state index in [-0.39, 0.29) is 29.7 Å². The van der Waals surface area contributed by atoms with Crippen molar-refractivity contribution in [1.82, 2.24) is 31.4 Å². The predicted octanol–water partition coefficient (Wildman–Crippen LogP) is 3.42. The number of carbonyl (C=O) groups excluding carboxylic acids is 4. The average molecular weight is 621 g/mol. The fourth-order valence-corrected chi connectivity index (χ4v) is 5.30. The highest BCUT2D eigenvalue weighted by Gasteiger charge is 2.34. The van der Waals surface area contributed by atoms with Gasteiger partial charge in [-0.2, -0.15) is 0 Å². The summed E-state index contributed by atoms with van der Waals surface area (Å²) in [6.07, 6.45) is 7.83. The molecule has 45 heavy (non-hydrogen) atoms. The molecule has 3 rings (SSSR count). The lowest BCUT2D eigenvalue weighted by molar-refractivity contribution is -0.143. The third-order valence-electron chi connectivity index (χ3n) is 8.14. The molecule has 5 unspecified atom stereocenters. The summed E-state index contributed by atoms with van der Waals surface area (Å²) in [6, 6.07) is 5.30. The molecule has 11 heteroatoms. The van der Waals surface area contributed by atoms with Crippen LogP contribution in [0.4, 0.5) is 0 Å². The molecule has 1 aliphatic rings. The van der Waals surface area contributed by atoms with E-state index in [9.17, 15) is 19.2 Å². The van der Waals surface area contributed by atoms with Crippen molar-refractivity contribution in [1.29, 1.82) is 0 Å². The number of carbonyl (C=O) groups is 4. The Hall–Kier alpha value is -4.09. The minimum absolute atomic E-state index is 0.220. The first-order valence-corrected chi connectivity index (χ1v) is 15.6. The second kappa shape index (κ2) is 16.3. The van der Waals surface area contributed by atoms with Crippen LogP contribution >= 0.6 is 0 Å². The molecule has 0 saturated carbocycles. The van der Waals surface area contributed by atoms with Crippen molar-refractivity contribution in [2.75, 3.05) is 13.7 Å². The number of nitrogens with one attached hydrogen (secondary N) is 4. The smallest absolute Gasteiger partial charge is 0.258 e. The zero-order valence-corrected chi connectivity index (χ0v) is 27.4. The van der Waals surface area contributed by atoms with Gasteiger partial charge >= 0.3 is 0 Å². The van der Waals surface area contributed by atoms with Gasteiger partial charge in [0.1, 0.15) is 18.1 Å². The van der Waals surface area contributed by atoms with Gasteiger partial charge < -0.3 is 20.7 Å². The molecule has 2 aromatic rings. The fraction of sp³-hybridized carbons (Fsp3) is 0.500. The largest absolute Gasteiger partial charge is 0.377 e. The minimum atomic E-state index is -0.886. The quantitative estimate of drug-likeness (QED) is 0.252. The number of hydrogen-bond acceptors (Lipinski definition) is 7. The van der Waals surface area contributed by atoms with Crippen LogP contribution in [0.15, 0.2) is 49.2 Å². The van der Waals surface area contributed by atoms with Gasteiger partial charge in [-0.1, -0.05) is 51.6 Å². The Morgan fingerprint density at radius 2 is 1.78 bits per heavy atom. The molecule has 4 amide bonds. The van der Waals surface area contributed by atoms with Crippen LogP contribution in [0.2, 0.25) is 0 Å². The van der Waals surface area contributed by atoms with Gasteiger partial charge in [0.15, 0.2) is 0 Å². The summed E-state index contributed by atoms with van der Waals surface area (Å²) in [5, 5.41) is 12.0. The molecule has 1 aromatic carbocycles. The maximum atomic E-state index is 13.3. The second-order valence-corrected chi connectivity index (χ2v) is 11.9. The number of rotatable bonds is 13. The molecule has 2 heterocycles. The van der Waals surface area contributed by atoms with Gasteiger partial charge in [0.2, 0.25) is 17.7 Å². The summed E-state index contributed by atoms with van der Waals surface area (Å²) in [6.45, 7) is 14.9. The standard InChI is InChI=1S/C34H48N6O5/c1-9-12-29(45-8)21(5)31(41)38-30(20(3)4)33(43)37-23(7)34(44)40-16-11-13-28(39-40)32(42)36-22(6)24-14-15-25-19-35-27(10-2)18-26(25)17-24/h9-10,12,14-15,17-23,28-30,39H,2,11,13,16H2,1,3-8H3,(H,36,42)(H,37,43)(H,38,41)/b12-9+/t21?,22-,23?,28?,29?,30?/m1/s1. The van der Waals surface area contributed by atoms with E-state index in [1.807, 2.05) is 58.0 Å². The van der Waals surface area contributed by atoms with Crippen molar-refractivity contribution in [3.63, 3.8) is 0 Å². The molecule has 0 radical (unpaired) electrons. The van der Waals surface area contributed by atoms with Crippen LogP contribution in [0.1, 0.15) is 71.7 Å². The van der Waals surface area contributed by atoms with E-state index in [1.165, 1.54) is 12.1 Å². The number of ether oxygens (including phenoxy) is 1. The zero-order chi connectivity index (χ0) is 33.3. The van der Waals surface area contributed by atoms with Crippen molar-refractivity contribution in [3.8, 4) is 0 Å². The highest BCUT2D eigenvalue weighted by molar-refractivity contribution is 5.93. The number of aromatic nitrogens is 1. The third-order valence-corrected chi connectivity index (χ3v) is 8.14. The zero-order valence-electron chi connectivity index (χ0n) is 27.4. The molecule has 0 spiro atoms. The second-order valence-electron chi connectivity index (χ2n) is 11.9. The summed E-state index contributed by atoms with van der Waals surface area (Å²) in [4.78, 5) is 57.0. The topological polar surface area (TPSA) is 142 Å². The first kappa shape index (κ1) is 35.4. The molecule has 6 atom stereocenters. The predicted molar refractivity (Wildman–Crippen MR) is 175 cm³/mol. The van der Waals surface area contributed by atoms with E-state index in [1.54, 1.807) is 32.2 Å². The SMILES string of the molecule is C=Cc1cc2cc([C@@H](C)NC(=O)C3CCCN(C(=O)C(C)NC(=O)C(NC(=O)C(C)C(/C=C/C)OC)C(C)C)N3)ccc2cn1. The summed E-state index contributed by atoms with van der Waals surface area (Å²) in [5.74, 6) is -2.12. The highest BCUT2D eigenvalue weighted by Crippen LogP contribution is 2.22. The van der Waals surface area contributed by atoms with E-state index in [2.05, 4.69) is 32.9 Å². The molecule has 11 nitrogen and oxygen atoms in total. The monoisotopic (exact) mass is 620 g/mol. The molecule has 4 N–H and O–H groups in total. The summed E-state index contributed by atoms with van der Waals surface area (Å²) >= 11 is 0. The summed E-state index contributed by atoms with van der Waals surface area (Å²) in [5.41, 5.74) is 4.77. The Bertz CT molecular complexity index is 1410. The molecular formula is C34H48N6O5. The number of methoxy groups -OCH3 is 1. The average Bonchev–Trinajstić information content (AvgIpc) is 3.04. The number of hydrogen-bond donors (Lipinski definition) is 4. The summed E-state index contributed by atoms with van der Waals surface area (Å²) in [7, 11) is 1.53. The highest BCUT2D eigenvalue weighted by atomic mass is 16.5. The minimum Gasteiger partial charge on any atom is -0.377 e.